The van der Waals surface area contributed by atoms with Gasteiger partial charge in [0.15, 0.2) is 6.29 Å². The molecule has 0 saturated heterocycles. The Hall–Kier alpha value is -2.10. The van der Waals surface area contributed by atoms with Gasteiger partial charge in [-0.15, -0.1) is 0 Å². The average molecular weight is 187 g/mol. The van der Waals surface area contributed by atoms with Crippen LogP contribution in [0.5, 0.6) is 0 Å². The summed E-state index contributed by atoms with van der Waals surface area (Å²) in [4.78, 5) is 10.8. The SMILES string of the molecule is Nc1cccc(C=O)c1-c1ccn[nH]1. The van der Waals surface area contributed by atoms with E-state index in [4.69, 9.17) is 5.73 Å². The van der Waals surface area contributed by atoms with Crippen molar-refractivity contribution in [3.05, 3.63) is 36.0 Å². The van der Waals surface area contributed by atoms with Gasteiger partial charge in [-0.25, -0.2) is 0 Å². The molecule has 14 heavy (non-hydrogen) atoms. The molecule has 1 aromatic carbocycles. The van der Waals surface area contributed by atoms with Gasteiger partial charge in [-0.05, 0) is 12.1 Å². The van der Waals surface area contributed by atoms with Crippen molar-refractivity contribution in [2.45, 2.75) is 0 Å². The third-order valence-corrected chi connectivity index (χ3v) is 2.03. The Labute approximate surface area is 80.8 Å². The van der Waals surface area contributed by atoms with Gasteiger partial charge in [0.2, 0.25) is 0 Å². The summed E-state index contributed by atoms with van der Waals surface area (Å²) in [6, 6.07) is 7.00. The van der Waals surface area contributed by atoms with E-state index in [1.54, 1.807) is 30.5 Å². The van der Waals surface area contributed by atoms with Gasteiger partial charge in [0, 0.05) is 23.0 Å². The van der Waals surface area contributed by atoms with Crippen LogP contribution in [-0.2, 0) is 0 Å². The molecular formula is C10H9N3O. The molecule has 0 amide bonds. The van der Waals surface area contributed by atoms with Crippen LogP contribution < -0.4 is 5.73 Å². The number of nitrogens with zero attached hydrogens (tertiary/aromatic N) is 1. The fourth-order valence-corrected chi connectivity index (χ4v) is 1.39. The van der Waals surface area contributed by atoms with Crippen molar-refractivity contribution in [2.75, 3.05) is 5.73 Å². The number of anilines is 1. The van der Waals surface area contributed by atoms with Crippen LogP contribution in [0.3, 0.4) is 0 Å². The Morgan fingerprint density at radius 1 is 1.36 bits per heavy atom. The first-order valence-electron chi connectivity index (χ1n) is 4.16. The molecule has 0 unspecified atom stereocenters. The predicted octanol–water partition coefficient (Wildman–Crippen LogP) is 1.47. The van der Waals surface area contributed by atoms with Gasteiger partial charge in [-0.1, -0.05) is 12.1 Å². The van der Waals surface area contributed by atoms with E-state index in [2.05, 4.69) is 10.2 Å². The number of hydrogen-bond donors (Lipinski definition) is 2. The number of aldehydes is 1. The minimum atomic E-state index is 0.564. The highest BCUT2D eigenvalue weighted by Crippen LogP contribution is 2.26. The zero-order valence-electron chi connectivity index (χ0n) is 7.40. The molecule has 2 rings (SSSR count). The van der Waals surface area contributed by atoms with Gasteiger partial charge >= 0.3 is 0 Å². The minimum Gasteiger partial charge on any atom is -0.398 e. The van der Waals surface area contributed by atoms with Crippen LogP contribution in [0.25, 0.3) is 11.3 Å². The second-order valence-electron chi connectivity index (χ2n) is 2.90. The fraction of sp³-hybridized carbons (Fsp3) is 0. The number of carbonyl (C=O) groups excluding carboxylic acids is 1. The lowest BCUT2D eigenvalue weighted by Gasteiger charge is -2.05. The predicted molar refractivity (Wildman–Crippen MR) is 53.8 cm³/mol. The van der Waals surface area contributed by atoms with E-state index in [0.29, 0.717) is 16.8 Å². The Kier molecular flexibility index (Phi) is 2.02. The second-order valence-corrected chi connectivity index (χ2v) is 2.90. The molecule has 0 radical (unpaired) electrons. The van der Waals surface area contributed by atoms with Crippen molar-refractivity contribution in [3.8, 4) is 11.3 Å². The van der Waals surface area contributed by atoms with Gasteiger partial charge in [0.25, 0.3) is 0 Å². The van der Waals surface area contributed by atoms with Crippen LogP contribution in [0.2, 0.25) is 0 Å². The minimum absolute atomic E-state index is 0.564. The fourth-order valence-electron chi connectivity index (χ4n) is 1.39. The second kappa shape index (κ2) is 3.33. The summed E-state index contributed by atoms with van der Waals surface area (Å²) in [6.45, 7) is 0. The first kappa shape index (κ1) is 8.50. The van der Waals surface area contributed by atoms with Crippen LogP contribution in [0.15, 0.2) is 30.5 Å². The van der Waals surface area contributed by atoms with Gasteiger partial charge in [0.05, 0.1) is 5.69 Å². The Morgan fingerprint density at radius 3 is 2.86 bits per heavy atom. The molecule has 0 saturated carbocycles. The van der Waals surface area contributed by atoms with Crippen molar-refractivity contribution >= 4 is 12.0 Å². The zero-order chi connectivity index (χ0) is 9.97. The van der Waals surface area contributed by atoms with Crippen molar-refractivity contribution in [2.24, 2.45) is 0 Å². The number of aromatic nitrogens is 2. The van der Waals surface area contributed by atoms with Crippen molar-refractivity contribution in [1.29, 1.82) is 0 Å². The molecule has 0 bridgehead atoms. The highest BCUT2D eigenvalue weighted by Gasteiger charge is 2.08. The largest absolute Gasteiger partial charge is 0.398 e. The van der Waals surface area contributed by atoms with Crippen molar-refractivity contribution in [1.82, 2.24) is 10.2 Å². The normalized spacial score (nSPS) is 10.0. The number of benzene rings is 1. The molecule has 2 aromatic rings. The number of nitrogens with one attached hydrogen (secondary N) is 1. The smallest absolute Gasteiger partial charge is 0.150 e. The number of rotatable bonds is 2. The Bertz CT molecular complexity index is 448. The number of aromatic amines is 1. The maximum atomic E-state index is 10.8. The van der Waals surface area contributed by atoms with Gasteiger partial charge in [-0.2, -0.15) is 5.10 Å². The molecule has 4 heteroatoms. The number of H-pyrrole nitrogens is 1. The van der Waals surface area contributed by atoms with E-state index in [1.165, 1.54) is 0 Å². The van der Waals surface area contributed by atoms with Crippen LogP contribution in [-0.4, -0.2) is 16.5 Å². The average Bonchev–Trinajstić information content (AvgIpc) is 2.70. The van der Waals surface area contributed by atoms with E-state index < -0.39 is 0 Å². The summed E-state index contributed by atoms with van der Waals surface area (Å²) in [6.07, 6.45) is 2.41. The zero-order valence-corrected chi connectivity index (χ0v) is 7.40. The maximum absolute atomic E-state index is 10.8. The summed E-state index contributed by atoms with van der Waals surface area (Å²) in [7, 11) is 0. The van der Waals surface area contributed by atoms with E-state index in [1.807, 2.05) is 0 Å². The molecule has 0 aliphatic heterocycles. The summed E-state index contributed by atoms with van der Waals surface area (Å²) < 4.78 is 0. The molecular weight excluding hydrogens is 178 g/mol. The van der Waals surface area contributed by atoms with Crippen molar-refractivity contribution < 1.29 is 4.79 Å². The number of carbonyl (C=O) groups is 1. The molecule has 0 atom stereocenters. The molecule has 70 valence electrons. The van der Waals surface area contributed by atoms with Crippen LogP contribution in [0.4, 0.5) is 5.69 Å². The third kappa shape index (κ3) is 1.26. The third-order valence-electron chi connectivity index (χ3n) is 2.03. The quantitative estimate of drug-likeness (QED) is 0.552. The lowest BCUT2D eigenvalue weighted by Crippen LogP contribution is -1.95. The number of nitrogen functional groups attached to an aromatic ring is 1. The summed E-state index contributed by atoms with van der Waals surface area (Å²) in [5.74, 6) is 0. The highest BCUT2D eigenvalue weighted by molar-refractivity contribution is 5.92. The standard InChI is InChI=1S/C10H9N3O/c11-8-3-1-2-7(6-14)10(8)9-4-5-12-13-9/h1-6H,11H2,(H,12,13). The Balaban J connectivity index is 2.67. The molecule has 3 N–H and O–H groups in total. The number of hydrogen-bond acceptors (Lipinski definition) is 3. The molecule has 0 aliphatic carbocycles. The molecule has 1 aromatic heterocycles. The number of nitrogens with two attached hydrogens (primary N) is 1. The summed E-state index contributed by atoms with van der Waals surface area (Å²) in [5, 5.41) is 6.60. The molecule has 0 aliphatic rings. The molecule has 4 nitrogen and oxygen atoms in total. The highest BCUT2D eigenvalue weighted by atomic mass is 16.1. The van der Waals surface area contributed by atoms with E-state index in [0.717, 1.165) is 12.0 Å². The maximum Gasteiger partial charge on any atom is 0.150 e. The first-order valence-corrected chi connectivity index (χ1v) is 4.16. The van der Waals surface area contributed by atoms with E-state index in [9.17, 15) is 4.79 Å². The topological polar surface area (TPSA) is 71.8 Å². The summed E-state index contributed by atoms with van der Waals surface area (Å²) >= 11 is 0. The molecule has 1 heterocycles. The van der Waals surface area contributed by atoms with Crippen LogP contribution >= 0.6 is 0 Å². The van der Waals surface area contributed by atoms with E-state index in [-0.39, 0.29) is 0 Å². The first-order chi connectivity index (χ1) is 6.83. The molecule has 0 fully saturated rings. The Morgan fingerprint density at radius 2 is 2.21 bits per heavy atom. The van der Waals surface area contributed by atoms with Gasteiger partial charge < -0.3 is 5.73 Å². The van der Waals surface area contributed by atoms with Crippen molar-refractivity contribution in [3.63, 3.8) is 0 Å². The van der Waals surface area contributed by atoms with E-state index >= 15 is 0 Å². The lowest BCUT2D eigenvalue weighted by atomic mass is 10.0. The van der Waals surface area contributed by atoms with Gasteiger partial charge in [-0.3, -0.25) is 9.89 Å². The summed E-state index contributed by atoms with van der Waals surface area (Å²) in [5.41, 5.74) is 8.38. The van der Waals surface area contributed by atoms with Gasteiger partial charge in [0.1, 0.15) is 0 Å². The van der Waals surface area contributed by atoms with Crippen LogP contribution in [0, 0.1) is 0 Å². The van der Waals surface area contributed by atoms with Crippen LogP contribution in [0.1, 0.15) is 10.4 Å². The molecule has 0 spiro atoms. The lowest BCUT2D eigenvalue weighted by molar-refractivity contribution is 0.112. The monoisotopic (exact) mass is 187 g/mol.